The van der Waals surface area contributed by atoms with Crippen LogP contribution in [0.3, 0.4) is 0 Å². The smallest absolute Gasteiger partial charge is 0.305 e. The van der Waals surface area contributed by atoms with Crippen LogP contribution in [0.2, 0.25) is 0 Å². The van der Waals surface area contributed by atoms with Crippen LogP contribution in [-0.2, 0) is 9.53 Å². The van der Waals surface area contributed by atoms with Crippen molar-refractivity contribution in [2.24, 2.45) is 0 Å². The topological polar surface area (TPSA) is 26.3 Å². The maximum absolute atomic E-state index is 11.9. The van der Waals surface area contributed by atoms with E-state index in [0.717, 1.165) is 12.8 Å². The van der Waals surface area contributed by atoms with E-state index in [1.54, 1.807) is 0 Å². The minimum atomic E-state index is 0.0244. The SMILES string of the molecule is CCCCCCCCC=CCCCCCCCCCCCC(=O)OCCCCCCCCCCCCCCCCC. The molecule has 0 radical (unpaired) electrons. The molecule has 0 saturated heterocycles. The molecule has 0 aliphatic heterocycles. The van der Waals surface area contributed by atoms with Crippen LogP contribution in [0.15, 0.2) is 12.2 Å². The van der Waals surface area contributed by atoms with E-state index in [1.807, 2.05) is 0 Å². The first-order valence-corrected chi connectivity index (χ1v) is 19.1. The summed E-state index contributed by atoms with van der Waals surface area (Å²) in [4.78, 5) is 11.9. The van der Waals surface area contributed by atoms with Crippen LogP contribution in [0.25, 0.3) is 0 Å². The molecule has 0 aliphatic rings. The van der Waals surface area contributed by atoms with E-state index < -0.39 is 0 Å². The second-order valence-electron chi connectivity index (χ2n) is 12.9. The average Bonchev–Trinajstić information content (AvgIpc) is 2.98. The first-order chi connectivity index (χ1) is 20.3. The van der Waals surface area contributed by atoms with Gasteiger partial charge in [-0.05, 0) is 38.5 Å². The third kappa shape index (κ3) is 37.2. The first-order valence-electron chi connectivity index (χ1n) is 19.1. The quantitative estimate of drug-likeness (QED) is 0.0426. The molecule has 0 rings (SSSR count). The number of rotatable bonds is 35. The van der Waals surface area contributed by atoms with E-state index in [9.17, 15) is 4.79 Å². The number of unbranched alkanes of at least 4 members (excludes halogenated alkanes) is 29. The Balaban J connectivity index is 3.18. The van der Waals surface area contributed by atoms with E-state index in [4.69, 9.17) is 4.74 Å². The fourth-order valence-corrected chi connectivity index (χ4v) is 5.78. The fraction of sp³-hybridized carbons (Fsp3) is 0.923. The van der Waals surface area contributed by atoms with Gasteiger partial charge in [0.1, 0.15) is 0 Å². The van der Waals surface area contributed by atoms with Gasteiger partial charge in [0.25, 0.3) is 0 Å². The maximum atomic E-state index is 11.9. The number of carbonyl (C=O) groups is 1. The molecule has 0 amide bonds. The standard InChI is InChI=1S/C39H76O2/c1-3-5-7-9-11-13-15-17-19-20-21-22-23-25-27-29-31-33-35-37-39(40)41-38-36-34-32-30-28-26-24-18-16-14-12-10-8-6-4-2/h17,19H,3-16,18,20-38H2,1-2H3. The van der Waals surface area contributed by atoms with Crippen molar-refractivity contribution in [2.75, 3.05) is 6.61 Å². The summed E-state index contributed by atoms with van der Waals surface area (Å²) in [6.07, 6.45) is 48.5. The van der Waals surface area contributed by atoms with Crippen LogP contribution in [-0.4, -0.2) is 12.6 Å². The van der Waals surface area contributed by atoms with Crippen molar-refractivity contribution in [3.8, 4) is 0 Å². The molecule has 0 aromatic heterocycles. The van der Waals surface area contributed by atoms with Crippen LogP contribution in [0, 0.1) is 0 Å². The minimum absolute atomic E-state index is 0.0244. The van der Waals surface area contributed by atoms with Crippen LogP contribution < -0.4 is 0 Å². The average molecular weight is 577 g/mol. The second kappa shape index (κ2) is 37.2. The van der Waals surface area contributed by atoms with Crippen molar-refractivity contribution in [3.05, 3.63) is 12.2 Å². The number of carbonyl (C=O) groups excluding carboxylic acids is 1. The van der Waals surface area contributed by atoms with E-state index >= 15 is 0 Å². The Labute approximate surface area is 259 Å². The van der Waals surface area contributed by atoms with Crippen molar-refractivity contribution in [1.82, 2.24) is 0 Å². The molecule has 0 fully saturated rings. The molecule has 0 N–H and O–H groups in total. The van der Waals surface area contributed by atoms with Gasteiger partial charge in [-0.2, -0.15) is 0 Å². The van der Waals surface area contributed by atoms with Gasteiger partial charge in [0.15, 0.2) is 0 Å². The Morgan fingerprint density at radius 3 is 1.05 bits per heavy atom. The maximum Gasteiger partial charge on any atom is 0.305 e. The minimum Gasteiger partial charge on any atom is -0.466 e. The zero-order valence-corrected chi connectivity index (χ0v) is 28.5. The first kappa shape index (κ1) is 40.2. The highest BCUT2D eigenvalue weighted by Gasteiger charge is 2.03. The predicted molar refractivity (Wildman–Crippen MR) is 184 cm³/mol. The highest BCUT2D eigenvalue weighted by atomic mass is 16.5. The number of allylic oxidation sites excluding steroid dienone is 2. The normalized spacial score (nSPS) is 11.6. The largest absolute Gasteiger partial charge is 0.466 e. The molecular weight excluding hydrogens is 500 g/mol. The lowest BCUT2D eigenvalue weighted by atomic mass is 10.0. The van der Waals surface area contributed by atoms with Gasteiger partial charge in [-0.25, -0.2) is 0 Å². The summed E-state index contributed by atoms with van der Waals surface area (Å²) < 4.78 is 5.45. The summed E-state index contributed by atoms with van der Waals surface area (Å²) in [5, 5.41) is 0. The van der Waals surface area contributed by atoms with Crippen molar-refractivity contribution >= 4 is 5.97 Å². The molecule has 0 spiro atoms. The summed E-state index contributed by atoms with van der Waals surface area (Å²) in [5.74, 6) is 0.0244. The number of esters is 1. The predicted octanol–water partition coefficient (Wildman–Crippen LogP) is 14.0. The Kier molecular flexibility index (Phi) is 36.5. The number of hydrogen-bond acceptors (Lipinski definition) is 2. The molecule has 0 unspecified atom stereocenters. The summed E-state index contributed by atoms with van der Waals surface area (Å²) in [5.41, 5.74) is 0. The summed E-state index contributed by atoms with van der Waals surface area (Å²) in [6, 6.07) is 0. The van der Waals surface area contributed by atoms with E-state index in [1.165, 1.54) is 193 Å². The molecule has 41 heavy (non-hydrogen) atoms. The highest BCUT2D eigenvalue weighted by Crippen LogP contribution is 2.15. The molecular formula is C39H76O2. The Morgan fingerprint density at radius 2 is 0.683 bits per heavy atom. The van der Waals surface area contributed by atoms with E-state index in [-0.39, 0.29) is 5.97 Å². The lowest BCUT2D eigenvalue weighted by molar-refractivity contribution is -0.143. The van der Waals surface area contributed by atoms with E-state index in [0.29, 0.717) is 13.0 Å². The van der Waals surface area contributed by atoms with Gasteiger partial charge < -0.3 is 4.74 Å². The van der Waals surface area contributed by atoms with Gasteiger partial charge in [0.05, 0.1) is 6.61 Å². The zero-order chi connectivity index (χ0) is 29.7. The Bertz CT molecular complexity index is 512. The molecule has 0 heterocycles. The van der Waals surface area contributed by atoms with Crippen molar-refractivity contribution in [2.45, 2.75) is 226 Å². The Morgan fingerprint density at radius 1 is 0.390 bits per heavy atom. The second-order valence-corrected chi connectivity index (χ2v) is 12.9. The molecule has 244 valence electrons. The summed E-state index contributed by atoms with van der Waals surface area (Å²) in [6.45, 7) is 5.21. The van der Waals surface area contributed by atoms with Crippen LogP contribution in [0.1, 0.15) is 226 Å². The molecule has 2 nitrogen and oxygen atoms in total. The summed E-state index contributed by atoms with van der Waals surface area (Å²) >= 11 is 0. The van der Waals surface area contributed by atoms with Crippen LogP contribution >= 0.6 is 0 Å². The monoisotopic (exact) mass is 577 g/mol. The Hall–Kier alpha value is -0.790. The zero-order valence-electron chi connectivity index (χ0n) is 28.5. The fourth-order valence-electron chi connectivity index (χ4n) is 5.78. The van der Waals surface area contributed by atoms with Gasteiger partial charge >= 0.3 is 5.97 Å². The van der Waals surface area contributed by atoms with Crippen molar-refractivity contribution < 1.29 is 9.53 Å². The number of hydrogen-bond donors (Lipinski definition) is 0. The summed E-state index contributed by atoms with van der Waals surface area (Å²) in [7, 11) is 0. The van der Waals surface area contributed by atoms with Gasteiger partial charge in [-0.3, -0.25) is 4.79 Å². The van der Waals surface area contributed by atoms with Gasteiger partial charge in [0, 0.05) is 6.42 Å². The molecule has 0 bridgehead atoms. The number of ether oxygens (including phenoxy) is 1. The van der Waals surface area contributed by atoms with Gasteiger partial charge in [0.2, 0.25) is 0 Å². The lowest BCUT2D eigenvalue weighted by Crippen LogP contribution is -2.05. The van der Waals surface area contributed by atoms with Crippen molar-refractivity contribution in [3.63, 3.8) is 0 Å². The lowest BCUT2D eigenvalue weighted by Gasteiger charge is -2.06. The molecule has 0 aromatic carbocycles. The molecule has 0 saturated carbocycles. The van der Waals surface area contributed by atoms with Gasteiger partial charge in [-0.1, -0.05) is 193 Å². The highest BCUT2D eigenvalue weighted by molar-refractivity contribution is 5.69. The molecule has 0 aliphatic carbocycles. The van der Waals surface area contributed by atoms with Crippen LogP contribution in [0.5, 0.6) is 0 Å². The van der Waals surface area contributed by atoms with Crippen LogP contribution in [0.4, 0.5) is 0 Å². The third-order valence-corrected chi connectivity index (χ3v) is 8.65. The van der Waals surface area contributed by atoms with E-state index in [2.05, 4.69) is 26.0 Å². The molecule has 0 atom stereocenters. The van der Waals surface area contributed by atoms with Gasteiger partial charge in [-0.15, -0.1) is 0 Å². The molecule has 2 heteroatoms. The molecule has 0 aromatic rings. The van der Waals surface area contributed by atoms with Crippen molar-refractivity contribution in [1.29, 1.82) is 0 Å². The third-order valence-electron chi connectivity index (χ3n) is 8.65.